The summed E-state index contributed by atoms with van der Waals surface area (Å²) in [4.78, 5) is 11.3. The van der Waals surface area contributed by atoms with E-state index in [9.17, 15) is 4.79 Å². The Bertz CT molecular complexity index is 184. The highest BCUT2D eigenvalue weighted by atomic mass is 16.5. The van der Waals surface area contributed by atoms with Gasteiger partial charge in [0.05, 0.1) is 12.1 Å². The van der Waals surface area contributed by atoms with Crippen LogP contribution in [0.1, 0.15) is 25.7 Å². The van der Waals surface area contributed by atoms with Crippen molar-refractivity contribution >= 4 is 5.91 Å². The third kappa shape index (κ3) is 3.27. The quantitative estimate of drug-likeness (QED) is 0.728. The first kappa shape index (κ1) is 11.5. The van der Waals surface area contributed by atoms with Gasteiger partial charge in [0, 0.05) is 14.2 Å². The summed E-state index contributed by atoms with van der Waals surface area (Å²) < 4.78 is 10.1. The van der Waals surface area contributed by atoms with Crippen LogP contribution in [0.25, 0.3) is 0 Å². The number of carbonyl (C=O) groups excluding carboxylic acids is 1. The third-order valence-corrected chi connectivity index (χ3v) is 2.63. The van der Waals surface area contributed by atoms with Crippen molar-refractivity contribution in [2.24, 2.45) is 0 Å². The molecule has 0 saturated heterocycles. The van der Waals surface area contributed by atoms with Gasteiger partial charge in [0.15, 0.2) is 0 Å². The maximum absolute atomic E-state index is 11.3. The maximum Gasteiger partial charge on any atom is 0.246 e. The summed E-state index contributed by atoms with van der Waals surface area (Å²) in [7, 11) is 3.22. The van der Waals surface area contributed by atoms with Crippen LogP contribution in [0, 0.1) is 0 Å². The van der Waals surface area contributed by atoms with Crippen LogP contribution in [0.3, 0.4) is 0 Å². The first-order chi connectivity index (χ1) is 6.77. The number of hydrogen-bond donors (Lipinski definition) is 1. The molecule has 0 bridgehead atoms. The Morgan fingerprint density at radius 3 is 2.71 bits per heavy atom. The maximum atomic E-state index is 11.3. The van der Waals surface area contributed by atoms with Gasteiger partial charge in [0.1, 0.15) is 6.61 Å². The van der Waals surface area contributed by atoms with Crippen molar-refractivity contribution in [2.45, 2.75) is 37.8 Å². The lowest BCUT2D eigenvalue weighted by molar-refractivity contribution is -0.126. The molecule has 1 aliphatic carbocycles. The van der Waals surface area contributed by atoms with Gasteiger partial charge < -0.3 is 14.8 Å². The van der Waals surface area contributed by atoms with Crippen LogP contribution >= 0.6 is 0 Å². The smallest absolute Gasteiger partial charge is 0.246 e. The van der Waals surface area contributed by atoms with Gasteiger partial charge in [-0.15, -0.1) is 0 Å². The number of rotatable bonds is 4. The number of amides is 1. The van der Waals surface area contributed by atoms with Gasteiger partial charge in [0.2, 0.25) is 5.91 Å². The number of methoxy groups -OCH3 is 2. The lowest BCUT2D eigenvalue weighted by atomic mass is 9.92. The molecule has 0 aromatic carbocycles. The molecule has 1 aliphatic rings. The van der Waals surface area contributed by atoms with Gasteiger partial charge in [-0.05, 0) is 12.8 Å². The molecule has 1 N–H and O–H groups in total. The highest BCUT2D eigenvalue weighted by molar-refractivity contribution is 5.77. The average Bonchev–Trinajstić information content (AvgIpc) is 2.19. The summed E-state index contributed by atoms with van der Waals surface area (Å²) in [6.07, 6.45) is 4.57. The Morgan fingerprint density at radius 1 is 1.36 bits per heavy atom. The molecule has 0 aromatic rings. The molecule has 0 aliphatic heterocycles. The highest BCUT2D eigenvalue weighted by Gasteiger charge is 2.25. The van der Waals surface area contributed by atoms with E-state index in [-0.39, 0.29) is 24.7 Å². The molecular formula is C10H19NO3. The second kappa shape index (κ2) is 5.98. The fourth-order valence-corrected chi connectivity index (χ4v) is 1.92. The Labute approximate surface area is 85.0 Å². The van der Waals surface area contributed by atoms with E-state index in [1.807, 2.05) is 0 Å². The topological polar surface area (TPSA) is 47.6 Å². The van der Waals surface area contributed by atoms with Crippen molar-refractivity contribution < 1.29 is 14.3 Å². The first-order valence-corrected chi connectivity index (χ1v) is 5.09. The lowest BCUT2D eigenvalue weighted by Gasteiger charge is -2.30. The fourth-order valence-electron chi connectivity index (χ4n) is 1.92. The van der Waals surface area contributed by atoms with E-state index < -0.39 is 0 Å². The van der Waals surface area contributed by atoms with Crippen LogP contribution in [0.4, 0.5) is 0 Å². The molecule has 82 valence electrons. The van der Waals surface area contributed by atoms with E-state index in [0.717, 1.165) is 19.3 Å². The van der Waals surface area contributed by atoms with Crippen molar-refractivity contribution in [2.75, 3.05) is 20.8 Å². The van der Waals surface area contributed by atoms with Crippen LogP contribution in [-0.4, -0.2) is 38.9 Å². The second-order valence-corrected chi connectivity index (χ2v) is 3.67. The zero-order chi connectivity index (χ0) is 10.4. The van der Waals surface area contributed by atoms with Crippen molar-refractivity contribution in [3.63, 3.8) is 0 Å². The number of ether oxygens (including phenoxy) is 2. The first-order valence-electron chi connectivity index (χ1n) is 5.09. The minimum Gasteiger partial charge on any atom is -0.379 e. The van der Waals surface area contributed by atoms with Gasteiger partial charge in [0.25, 0.3) is 0 Å². The van der Waals surface area contributed by atoms with Crippen molar-refractivity contribution in [1.29, 1.82) is 0 Å². The predicted octanol–water partition coefficient (Wildman–Crippen LogP) is 0.707. The summed E-state index contributed by atoms with van der Waals surface area (Å²) in [5.74, 6) is -0.0542. The number of carbonyl (C=O) groups is 1. The summed E-state index contributed by atoms with van der Waals surface area (Å²) in [5.41, 5.74) is 0. The Hall–Kier alpha value is -0.610. The van der Waals surface area contributed by atoms with Gasteiger partial charge in [-0.25, -0.2) is 0 Å². The zero-order valence-corrected chi connectivity index (χ0v) is 8.91. The van der Waals surface area contributed by atoms with Crippen LogP contribution in [0.2, 0.25) is 0 Å². The van der Waals surface area contributed by atoms with Crippen molar-refractivity contribution in [3.8, 4) is 0 Å². The largest absolute Gasteiger partial charge is 0.379 e. The molecule has 1 fully saturated rings. The minimum absolute atomic E-state index is 0.0542. The van der Waals surface area contributed by atoms with Crippen LogP contribution < -0.4 is 5.32 Å². The van der Waals surface area contributed by atoms with E-state index >= 15 is 0 Å². The molecular weight excluding hydrogens is 182 g/mol. The standard InChI is InChI=1S/C10H19NO3/c1-13-7-10(12)11-8-5-3-4-6-9(8)14-2/h8-9H,3-7H2,1-2H3,(H,11,12)/t8-,9-/m0/s1. The monoisotopic (exact) mass is 201 g/mol. The van der Waals surface area contributed by atoms with E-state index in [1.165, 1.54) is 13.5 Å². The minimum atomic E-state index is -0.0542. The lowest BCUT2D eigenvalue weighted by Crippen LogP contribution is -2.47. The molecule has 1 saturated carbocycles. The van der Waals surface area contributed by atoms with E-state index in [0.29, 0.717) is 0 Å². The van der Waals surface area contributed by atoms with E-state index in [4.69, 9.17) is 9.47 Å². The Kier molecular flexibility index (Phi) is 4.90. The average molecular weight is 201 g/mol. The van der Waals surface area contributed by atoms with Crippen molar-refractivity contribution in [3.05, 3.63) is 0 Å². The van der Waals surface area contributed by atoms with Gasteiger partial charge in [-0.1, -0.05) is 12.8 Å². The molecule has 0 heterocycles. The summed E-state index contributed by atoms with van der Waals surface area (Å²) in [6.45, 7) is 0.132. The normalized spacial score (nSPS) is 27.3. The molecule has 1 amide bonds. The predicted molar refractivity (Wildman–Crippen MR) is 53.1 cm³/mol. The molecule has 4 heteroatoms. The Balaban J connectivity index is 2.36. The summed E-state index contributed by atoms with van der Waals surface area (Å²) in [5, 5.41) is 2.93. The zero-order valence-electron chi connectivity index (χ0n) is 8.91. The molecule has 0 aromatic heterocycles. The van der Waals surface area contributed by atoms with Gasteiger partial charge >= 0.3 is 0 Å². The van der Waals surface area contributed by atoms with Gasteiger partial charge in [-0.3, -0.25) is 4.79 Å². The molecule has 2 atom stereocenters. The van der Waals surface area contributed by atoms with E-state index in [1.54, 1.807) is 7.11 Å². The summed E-state index contributed by atoms with van der Waals surface area (Å²) in [6, 6.07) is 0.163. The third-order valence-electron chi connectivity index (χ3n) is 2.63. The second-order valence-electron chi connectivity index (χ2n) is 3.67. The SMILES string of the molecule is COCC(=O)N[C@H]1CCCC[C@@H]1OC. The van der Waals surface area contributed by atoms with E-state index in [2.05, 4.69) is 5.32 Å². The molecule has 14 heavy (non-hydrogen) atoms. The van der Waals surface area contributed by atoms with Crippen molar-refractivity contribution in [1.82, 2.24) is 5.32 Å². The molecule has 1 rings (SSSR count). The van der Waals surface area contributed by atoms with Crippen LogP contribution in [0.5, 0.6) is 0 Å². The Morgan fingerprint density at radius 2 is 2.07 bits per heavy atom. The molecule has 4 nitrogen and oxygen atoms in total. The molecule has 0 radical (unpaired) electrons. The molecule has 0 unspecified atom stereocenters. The molecule has 0 spiro atoms. The number of nitrogens with one attached hydrogen (secondary N) is 1. The highest BCUT2D eigenvalue weighted by Crippen LogP contribution is 2.20. The van der Waals surface area contributed by atoms with Crippen LogP contribution in [-0.2, 0) is 14.3 Å². The van der Waals surface area contributed by atoms with Crippen LogP contribution in [0.15, 0.2) is 0 Å². The summed E-state index contributed by atoms with van der Waals surface area (Å²) >= 11 is 0. The number of hydrogen-bond acceptors (Lipinski definition) is 3. The van der Waals surface area contributed by atoms with Gasteiger partial charge in [-0.2, -0.15) is 0 Å². The fraction of sp³-hybridized carbons (Fsp3) is 0.900.